The molecule has 0 aliphatic heterocycles. The molecule has 17 nitrogen and oxygen atoms in total. The molecule has 0 aromatic rings. The summed E-state index contributed by atoms with van der Waals surface area (Å²) >= 11 is 0. The zero-order chi connectivity index (χ0) is 74.9. The smallest absolute Gasteiger partial charge is 0.462 e. The predicted molar refractivity (Wildman–Crippen MR) is 418 cm³/mol. The number of aliphatic hydroxyl groups excluding tert-OH is 1. The van der Waals surface area contributed by atoms with Crippen LogP contribution in [0, 0.1) is 11.8 Å². The van der Waals surface area contributed by atoms with Crippen LogP contribution in [0.15, 0.2) is 0 Å². The monoisotopic (exact) mass is 1490 g/mol. The van der Waals surface area contributed by atoms with E-state index < -0.39 is 97.5 Å². The van der Waals surface area contributed by atoms with E-state index in [0.29, 0.717) is 25.7 Å². The molecular weight excluding hydrogens is 1330 g/mol. The third-order valence-electron chi connectivity index (χ3n) is 19.8. The lowest BCUT2D eigenvalue weighted by Crippen LogP contribution is -2.30. The summed E-state index contributed by atoms with van der Waals surface area (Å²) in [6.45, 7) is 9.71. The molecule has 0 saturated heterocycles. The van der Waals surface area contributed by atoms with Crippen LogP contribution in [-0.4, -0.2) is 96.7 Å². The number of phosphoric acid groups is 2. The number of esters is 4. The second-order valence-electron chi connectivity index (χ2n) is 30.6. The van der Waals surface area contributed by atoms with Gasteiger partial charge in [0.15, 0.2) is 12.2 Å². The number of hydrogen-bond donors (Lipinski definition) is 3. The van der Waals surface area contributed by atoms with Crippen LogP contribution in [0.2, 0.25) is 0 Å². The van der Waals surface area contributed by atoms with Gasteiger partial charge in [-0.05, 0) is 37.5 Å². The minimum Gasteiger partial charge on any atom is -0.462 e. The van der Waals surface area contributed by atoms with E-state index in [0.717, 1.165) is 102 Å². The highest BCUT2D eigenvalue weighted by molar-refractivity contribution is 7.47. The predicted octanol–water partition coefficient (Wildman–Crippen LogP) is 25.1. The summed E-state index contributed by atoms with van der Waals surface area (Å²) in [5, 5.41) is 10.7. The van der Waals surface area contributed by atoms with Gasteiger partial charge in [-0.25, -0.2) is 9.13 Å². The Balaban J connectivity index is 5.27. The third-order valence-corrected chi connectivity index (χ3v) is 21.7. The van der Waals surface area contributed by atoms with Gasteiger partial charge in [-0.2, -0.15) is 0 Å². The van der Waals surface area contributed by atoms with Crippen molar-refractivity contribution in [3.8, 4) is 0 Å². The fraction of sp³-hybridized carbons (Fsp3) is 0.952. The van der Waals surface area contributed by atoms with Crippen LogP contribution in [0.1, 0.15) is 440 Å². The highest BCUT2D eigenvalue weighted by Crippen LogP contribution is 2.45. The number of unbranched alkanes of at least 4 members (excludes halogenated alkanes) is 51. The van der Waals surface area contributed by atoms with E-state index in [1.54, 1.807) is 0 Å². The standard InChI is InChI=1S/C83H162O17P2/c1-7-10-12-14-16-18-20-22-23-24-25-30-36-42-48-54-60-66-81(86)94-71-78(99-82(87)67-61-55-49-43-37-31-27-26-29-34-40-46-52-58-64-76(6)9-3)73-97-101(89,90)95-69-77(84)70-96-102(91,92)98-74-79(72-93-80(85)65-59-53-47-41-35-28-21-19-17-15-13-11-8-2)100-83(88)68-62-56-50-44-38-32-33-39-45-51-57-63-75(4)5/h75-79,84H,7-74H2,1-6H3,(H,89,90)(H,91,92)/t76?,77-,78-,79-/m1/s1. The van der Waals surface area contributed by atoms with E-state index in [4.69, 9.17) is 37.0 Å². The van der Waals surface area contributed by atoms with Crippen molar-refractivity contribution in [2.75, 3.05) is 39.6 Å². The second-order valence-corrected chi connectivity index (χ2v) is 33.5. The maximum atomic E-state index is 13.1. The quantitative estimate of drug-likeness (QED) is 0.0222. The van der Waals surface area contributed by atoms with Crippen LogP contribution in [-0.2, 0) is 65.4 Å². The summed E-state index contributed by atoms with van der Waals surface area (Å²) in [7, 11) is -9.92. The van der Waals surface area contributed by atoms with E-state index in [-0.39, 0.29) is 25.7 Å². The lowest BCUT2D eigenvalue weighted by molar-refractivity contribution is -0.161. The van der Waals surface area contributed by atoms with Gasteiger partial charge >= 0.3 is 39.5 Å². The summed E-state index contributed by atoms with van der Waals surface area (Å²) in [4.78, 5) is 73.2. The van der Waals surface area contributed by atoms with E-state index >= 15 is 0 Å². The summed E-state index contributed by atoms with van der Waals surface area (Å²) in [6.07, 6.45) is 65.0. The molecule has 0 fully saturated rings. The van der Waals surface area contributed by atoms with Crippen LogP contribution >= 0.6 is 15.6 Å². The summed E-state index contributed by atoms with van der Waals surface area (Å²) in [5.41, 5.74) is 0. The Morgan fingerprint density at radius 3 is 0.745 bits per heavy atom. The Kier molecular flexibility index (Phi) is 73.1. The number of aliphatic hydroxyl groups is 1. The molecular formula is C83H162O17P2. The van der Waals surface area contributed by atoms with Crippen molar-refractivity contribution in [3.63, 3.8) is 0 Å². The molecule has 0 spiro atoms. The molecule has 0 amide bonds. The van der Waals surface area contributed by atoms with E-state index in [9.17, 15) is 43.2 Å². The lowest BCUT2D eigenvalue weighted by atomic mass is 9.99. The molecule has 0 aliphatic rings. The molecule has 0 aromatic heterocycles. The van der Waals surface area contributed by atoms with Gasteiger partial charge in [0, 0.05) is 25.7 Å². The van der Waals surface area contributed by atoms with Crippen molar-refractivity contribution >= 4 is 39.5 Å². The Hall–Kier alpha value is -1.94. The number of hydrogen-bond acceptors (Lipinski definition) is 15. The third kappa shape index (κ3) is 74.9. The van der Waals surface area contributed by atoms with Gasteiger partial charge in [-0.1, -0.05) is 388 Å². The number of phosphoric ester groups is 2. The van der Waals surface area contributed by atoms with E-state index in [1.807, 2.05) is 0 Å². The number of carbonyl (C=O) groups excluding carboxylic acids is 4. The maximum Gasteiger partial charge on any atom is 0.472 e. The number of carbonyl (C=O) groups is 4. The Morgan fingerprint density at radius 2 is 0.500 bits per heavy atom. The van der Waals surface area contributed by atoms with Crippen LogP contribution in [0.5, 0.6) is 0 Å². The number of rotatable bonds is 82. The highest BCUT2D eigenvalue weighted by Gasteiger charge is 2.30. The maximum absolute atomic E-state index is 13.1. The minimum atomic E-state index is -4.96. The van der Waals surface area contributed by atoms with Crippen molar-refractivity contribution in [2.45, 2.75) is 458 Å². The molecule has 3 unspecified atom stereocenters. The van der Waals surface area contributed by atoms with Gasteiger partial charge in [-0.15, -0.1) is 0 Å². The van der Waals surface area contributed by atoms with Gasteiger partial charge in [0.1, 0.15) is 19.3 Å². The van der Waals surface area contributed by atoms with E-state index in [1.165, 1.54) is 257 Å². The van der Waals surface area contributed by atoms with E-state index in [2.05, 4.69) is 41.5 Å². The Morgan fingerprint density at radius 1 is 0.284 bits per heavy atom. The largest absolute Gasteiger partial charge is 0.472 e. The van der Waals surface area contributed by atoms with Crippen LogP contribution in [0.3, 0.4) is 0 Å². The molecule has 0 bridgehead atoms. The SMILES string of the molecule is CCCCCCCCCCCCCCCCCCCC(=O)OC[C@H](COP(=O)(O)OC[C@@H](O)COP(=O)(O)OC[C@@H](COC(=O)CCCCCCCCCCCCCCC)OC(=O)CCCCCCCCCCCCCC(C)C)OC(=O)CCCCCCCCCCCCCCCCC(C)CC. The lowest BCUT2D eigenvalue weighted by Gasteiger charge is -2.21. The van der Waals surface area contributed by atoms with Gasteiger partial charge in [0.05, 0.1) is 26.4 Å². The molecule has 19 heteroatoms. The summed E-state index contributed by atoms with van der Waals surface area (Å²) < 4.78 is 68.8. The first-order valence-electron chi connectivity index (χ1n) is 43.0. The first kappa shape index (κ1) is 100. The highest BCUT2D eigenvalue weighted by atomic mass is 31.2. The van der Waals surface area contributed by atoms with Crippen LogP contribution in [0.4, 0.5) is 0 Å². The zero-order valence-electron chi connectivity index (χ0n) is 66.9. The van der Waals surface area contributed by atoms with Crippen molar-refractivity contribution in [1.29, 1.82) is 0 Å². The van der Waals surface area contributed by atoms with Gasteiger partial charge < -0.3 is 33.8 Å². The Labute approximate surface area is 626 Å². The second kappa shape index (κ2) is 74.5. The fourth-order valence-electron chi connectivity index (χ4n) is 12.9. The van der Waals surface area contributed by atoms with Gasteiger partial charge in [0.2, 0.25) is 0 Å². The molecule has 6 atom stereocenters. The number of ether oxygens (including phenoxy) is 4. The average molecular weight is 1490 g/mol. The summed E-state index contributed by atoms with van der Waals surface area (Å²) in [5.74, 6) is -0.492. The van der Waals surface area contributed by atoms with Crippen molar-refractivity contribution in [2.24, 2.45) is 11.8 Å². The molecule has 0 heterocycles. The van der Waals surface area contributed by atoms with Gasteiger partial charge in [0.25, 0.3) is 0 Å². The molecule has 0 radical (unpaired) electrons. The summed E-state index contributed by atoms with van der Waals surface area (Å²) in [6, 6.07) is 0. The molecule has 3 N–H and O–H groups in total. The molecule has 0 saturated carbocycles. The topological polar surface area (TPSA) is 237 Å². The first-order chi connectivity index (χ1) is 49.4. The molecule has 102 heavy (non-hydrogen) atoms. The van der Waals surface area contributed by atoms with Crippen LogP contribution < -0.4 is 0 Å². The molecule has 0 rings (SSSR count). The molecule has 0 aromatic carbocycles. The first-order valence-corrected chi connectivity index (χ1v) is 46.0. The zero-order valence-corrected chi connectivity index (χ0v) is 68.7. The molecule has 0 aliphatic carbocycles. The molecule has 606 valence electrons. The van der Waals surface area contributed by atoms with Crippen molar-refractivity contribution in [3.05, 3.63) is 0 Å². The average Bonchev–Trinajstić information content (AvgIpc) is 0.916. The Bertz CT molecular complexity index is 1960. The fourth-order valence-corrected chi connectivity index (χ4v) is 14.4. The van der Waals surface area contributed by atoms with Crippen molar-refractivity contribution in [1.82, 2.24) is 0 Å². The van der Waals surface area contributed by atoms with Crippen molar-refractivity contribution < 1.29 is 80.2 Å². The minimum absolute atomic E-state index is 0.107. The van der Waals surface area contributed by atoms with Gasteiger partial charge in [-0.3, -0.25) is 37.3 Å². The van der Waals surface area contributed by atoms with Crippen LogP contribution in [0.25, 0.3) is 0 Å². The normalized spacial score (nSPS) is 14.1.